The van der Waals surface area contributed by atoms with E-state index in [-0.39, 0.29) is 6.10 Å². The van der Waals surface area contributed by atoms with Crippen LogP contribution in [0, 0.1) is 24.7 Å². The molecule has 0 radical (unpaired) electrons. The van der Waals surface area contributed by atoms with Gasteiger partial charge in [-0.1, -0.05) is 6.42 Å². The zero-order chi connectivity index (χ0) is 18.2. The predicted octanol–water partition coefficient (Wildman–Crippen LogP) is 3.11. The second-order valence-corrected chi connectivity index (χ2v) is 8.66. The first-order valence-electron chi connectivity index (χ1n) is 10.4. The zero-order valence-electron chi connectivity index (χ0n) is 16.1. The summed E-state index contributed by atoms with van der Waals surface area (Å²) in [5, 5.41) is 0. The van der Waals surface area contributed by atoms with E-state index < -0.39 is 0 Å². The Bertz CT molecular complexity index is 759. The van der Waals surface area contributed by atoms with Crippen LogP contribution in [0.1, 0.15) is 44.0 Å². The molecule has 3 heterocycles. The Morgan fingerprint density at radius 3 is 2.59 bits per heavy atom. The smallest absolute Gasteiger partial charge is 0.232 e. The topological polar surface area (TPSA) is 56.1 Å². The first-order valence-corrected chi connectivity index (χ1v) is 10.4. The minimum Gasteiger partial charge on any atom is -0.471 e. The summed E-state index contributed by atoms with van der Waals surface area (Å²) in [5.41, 5.74) is 0. The molecule has 3 fully saturated rings. The molecule has 0 bridgehead atoms. The third-order valence-corrected chi connectivity index (χ3v) is 6.93. The van der Waals surface area contributed by atoms with E-state index >= 15 is 0 Å². The van der Waals surface area contributed by atoms with Gasteiger partial charge in [0.25, 0.3) is 0 Å². The largest absolute Gasteiger partial charge is 0.471 e. The molecular formula is C21H29N5O. The number of ether oxygens (including phenoxy) is 1. The molecule has 0 spiro atoms. The fourth-order valence-electron chi connectivity index (χ4n) is 5.34. The molecular weight excluding hydrogens is 338 g/mol. The summed E-state index contributed by atoms with van der Waals surface area (Å²) in [4.78, 5) is 15.7. The number of hydrogen-bond donors (Lipinski definition) is 0. The van der Waals surface area contributed by atoms with Gasteiger partial charge >= 0.3 is 0 Å². The lowest BCUT2D eigenvalue weighted by molar-refractivity contribution is 0.0501. The molecule has 2 saturated carbocycles. The molecule has 2 aliphatic carbocycles. The number of imidazole rings is 1. The summed E-state index contributed by atoms with van der Waals surface area (Å²) in [7, 11) is 0. The third kappa shape index (κ3) is 3.47. The highest BCUT2D eigenvalue weighted by atomic mass is 16.5. The highest BCUT2D eigenvalue weighted by Crippen LogP contribution is 2.43. The van der Waals surface area contributed by atoms with Crippen molar-refractivity contribution in [2.45, 2.75) is 51.2 Å². The van der Waals surface area contributed by atoms with E-state index in [9.17, 15) is 0 Å². The Morgan fingerprint density at radius 2 is 1.93 bits per heavy atom. The fraction of sp³-hybridized carbons (Fsp3) is 0.667. The van der Waals surface area contributed by atoms with E-state index in [1.807, 2.05) is 6.20 Å². The van der Waals surface area contributed by atoms with Crippen LogP contribution >= 0.6 is 0 Å². The van der Waals surface area contributed by atoms with Gasteiger partial charge in [-0.15, -0.1) is 0 Å². The van der Waals surface area contributed by atoms with Gasteiger partial charge in [0.05, 0.1) is 12.2 Å². The summed E-state index contributed by atoms with van der Waals surface area (Å²) in [6.07, 6.45) is 15.8. The lowest BCUT2D eigenvalue weighted by Crippen LogP contribution is -2.40. The minimum atomic E-state index is 0.125. The van der Waals surface area contributed by atoms with Gasteiger partial charge in [0.15, 0.2) is 0 Å². The van der Waals surface area contributed by atoms with Crippen molar-refractivity contribution >= 4 is 0 Å². The van der Waals surface area contributed by atoms with Crippen molar-refractivity contribution in [2.24, 2.45) is 17.8 Å². The van der Waals surface area contributed by atoms with Crippen molar-refractivity contribution in [3.05, 3.63) is 36.8 Å². The van der Waals surface area contributed by atoms with Crippen molar-refractivity contribution in [1.29, 1.82) is 0 Å². The number of hydrogen-bond acceptors (Lipinski definition) is 5. The number of aryl methyl sites for hydroxylation is 1. The van der Waals surface area contributed by atoms with E-state index in [0.29, 0.717) is 11.9 Å². The first kappa shape index (κ1) is 17.2. The van der Waals surface area contributed by atoms with Crippen molar-refractivity contribution in [3.63, 3.8) is 0 Å². The number of likely N-dealkylation sites (tertiary alicyclic amines) is 1. The van der Waals surface area contributed by atoms with Gasteiger partial charge in [-0.2, -0.15) is 0 Å². The molecule has 2 aromatic rings. The highest BCUT2D eigenvalue weighted by Gasteiger charge is 2.44. The molecule has 1 aliphatic heterocycles. The molecule has 3 aliphatic rings. The Labute approximate surface area is 161 Å². The second-order valence-electron chi connectivity index (χ2n) is 8.66. The number of nitrogens with zero attached hydrogens (tertiary/aromatic N) is 5. The van der Waals surface area contributed by atoms with Gasteiger partial charge in [0.1, 0.15) is 11.9 Å². The molecule has 0 amide bonds. The Hall–Kier alpha value is -1.95. The molecule has 0 aromatic carbocycles. The van der Waals surface area contributed by atoms with Crippen molar-refractivity contribution < 1.29 is 4.74 Å². The van der Waals surface area contributed by atoms with Crippen molar-refractivity contribution in [2.75, 3.05) is 19.6 Å². The summed E-state index contributed by atoms with van der Waals surface area (Å²) in [5.74, 6) is 4.14. The Kier molecular flexibility index (Phi) is 4.60. The van der Waals surface area contributed by atoms with Gasteiger partial charge in [0, 0.05) is 44.4 Å². The fourth-order valence-corrected chi connectivity index (χ4v) is 5.34. The molecule has 0 unspecified atom stereocenters. The highest BCUT2D eigenvalue weighted by molar-refractivity contribution is 5.07. The van der Waals surface area contributed by atoms with Gasteiger partial charge in [-0.05, 0) is 50.4 Å². The van der Waals surface area contributed by atoms with E-state index in [1.54, 1.807) is 18.6 Å². The van der Waals surface area contributed by atoms with E-state index in [0.717, 1.165) is 36.4 Å². The van der Waals surface area contributed by atoms with E-state index in [1.165, 1.54) is 38.9 Å². The maximum atomic E-state index is 6.36. The second kappa shape index (κ2) is 7.23. The number of rotatable bonds is 5. The molecule has 6 heteroatoms. The minimum absolute atomic E-state index is 0.125. The Morgan fingerprint density at radius 1 is 1.07 bits per heavy atom. The van der Waals surface area contributed by atoms with Crippen LogP contribution in [-0.4, -0.2) is 50.2 Å². The van der Waals surface area contributed by atoms with Gasteiger partial charge < -0.3 is 14.2 Å². The van der Waals surface area contributed by atoms with Gasteiger partial charge in [-0.25, -0.2) is 9.97 Å². The maximum absolute atomic E-state index is 6.36. The van der Waals surface area contributed by atoms with Crippen molar-refractivity contribution in [3.8, 4) is 5.88 Å². The van der Waals surface area contributed by atoms with Crippen LogP contribution < -0.4 is 4.74 Å². The van der Waals surface area contributed by atoms with Crippen LogP contribution in [-0.2, 0) is 0 Å². The monoisotopic (exact) mass is 367 g/mol. The van der Waals surface area contributed by atoms with E-state index in [2.05, 4.69) is 37.5 Å². The van der Waals surface area contributed by atoms with Crippen LogP contribution in [0.25, 0.3) is 0 Å². The van der Waals surface area contributed by atoms with Crippen molar-refractivity contribution in [1.82, 2.24) is 24.4 Å². The standard InChI is InChI=1S/C21H29N5O/c1-15-23-7-8-26(15)19-9-17-13-25(12-16-3-2-4-16)14-18(17)10-20(19)27-21-11-22-5-6-24-21/h5-8,11,16-20H,2-4,9-10,12-14H2,1H3/t17-,18+,19-,20-/m0/s1. The van der Waals surface area contributed by atoms with Crippen LogP contribution in [0.4, 0.5) is 0 Å². The van der Waals surface area contributed by atoms with Crippen LogP contribution in [0.15, 0.2) is 31.0 Å². The zero-order valence-corrected chi connectivity index (χ0v) is 16.1. The summed E-state index contributed by atoms with van der Waals surface area (Å²) in [6, 6.07) is 0.319. The molecule has 5 rings (SSSR count). The molecule has 6 nitrogen and oxygen atoms in total. The third-order valence-electron chi connectivity index (χ3n) is 6.93. The number of fused-ring (bicyclic) bond motifs is 1. The summed E-state index contributed by atoms with van der Waals surface area (Å²) < 4.78 is 8.67. The average Bonchev–Trinajstić information content (AvgIpc) is 3.23. The summed E-state index contributed by atoms with van der Waals surface area (Å²) in [6.45, 7) is 5.88. The van der Waals surface area contributed by atoms with Crippen LogP contribution in [0.3, 0.4) is 0 Å². The normalized spacial score (nSPS) is 31.4. The molecule has 1 saturated heterocycles. The predicted molar refractivity (Wildman–Crippen MR) is 102 cm³/mol. The average molecular weight is 367 g/mol. The quantitative estimate of drug-likeness (QED) is 0.813. The van der Waals surface area contributed by atoms with E-state index in [4.69, 9.17) is 4.74 Å². The lowest BCUT2D eigenvalue weighted by atomic mass is 9.77. The summed E-state index contributed by atoms with van der Waals surface area (Å²) >= 11 is 0. The molecule has 2 aromatic heterocycles. The van der Waals surface area contributed by atoms with Gasteiger partial charge in [-0.3, -0.25) is 4.98 Å². The molecule has 144 valence electrons. The Balaban J connectivity index is 1.34. The maximum Gasteiger partial charge on any atom is 0.232 e. The first-order chi connectivity index (χ1) is 13.3. The molecule has 27 heavy (non-hydrogen) atoms. The number of aromatic nitrogens is 4. The van der Waals surface area contributed by atoms with Crippen LogP contribution in [0.2, 0.25) is 0 Å². The lowest BCUT2D eigenvalue weighted by Gasteiger charge is -2.38. The SMILES string of the molecule is Cc1nccn1[C@H]1C[C@H]2CN(CC3CCC3)C[C@H]2C[C@@H]1Oc1cnccn1. The molecule has 4 atom stereocenters. The van der Waals surface area contributed by atoms with Crippen LogP contribution in [0.5, 0.6) is 5.88 Å². The molecule has 0 N–H and O–H groups in total. The van der Waals surface area contributed by atoms with Gasteiger partial charge in [0.2, 0.25) is 5.88 Å².